The molecule has 196 valence electrons. The first-order valence-corrected chi connectivity index (χ1v) is 13.9. The summed E-state index contributed by atoms with van der Waals surface area (Å²) >= 11 is 0. The lowest BCUT2D eigenvalue weighted by molar-refractivity contribution is 0.667. The van der Waals surface area contributed by atoms with Crippen LogP contribution >= 0.6 is 0 Å². The number of nitrogens with zero attached hydrogens (tertiary/aromatic N) is 4. The van der Waals surface area contributed by atoms with E-state index in [0.29, 0.717) is 11.4 Å². The molecular formula is C37H22N4O. The van der Waals surface area contributed by atoms with Crippen LogP contribution < -0.4 is 4.90 Å². The van der Waals surface area contributed by atoms with E-state index in [0.717, 1.165) is 44.7 Å². The van der Waals surface area contributed by atoms with E-state index in [9.17, 15) is 0 Å². The number of benzene rings is 5. The van der Waals surface area contributed by atoms with Crippen LogP contribution in [0.3, 0.4) is 0 Å². The van der Waals surface area contributed by atoms with Crippen LogP contribution in [0.4, 0.5) is 17.1 Å². The Hall–Kier alpha value is -5.81. The zero-order chi connectivity index (χ0) is 27.6. The molecule has 0 fully saturated rings. The van der Waals surface area contributed by atoms with E-state index < -0.39 is 0 Å². The van der Waals surface area contributed by atoms with Gasteiger partial charge in [0, 0.05) is 45.5 Å². The first-order valence-electron chi connectivity index (χ1n) is 13.9. The summed E-state index contributed by atoms with van der Waals surface area (Å²) in [5, 5.41) is 3.47. The third-order valence-electron chi connectivity index (χ3n) is 8.10. The standard InChI is InChI=1S/C37H22N4O/c1-3-14-30-27(11-1)28-13-5-8-23-9-6-15-31(33(23)28)41(30)26-19-17-24(18-20-26)37-39-34(25-10-7-21-38-22-25)36-35(40-37)29-12-2-4-16-32(29)42-36/h1-22H. The number of hydrogen-bond acceptors (Lipinski definition) is 5. The van der Waals surface area contributed by atoms with Gasteiger partial charge in [-0.3, -0.25) is 4.98 Å². The molecule has 0 saturated carbocycles. The van der Waals surface area contributed by atoms with E-state index in [1.54, 1.807) is 6.20 Å². The van der Waals surface area contributed by atoms with Crippen molar-refractivity contribution in [1.29, 1.82) is 0 Å². The van der Waals surface area contributed by atoms with Crippen LogP contribution in [-0.2, 0) is 0 Å². The molecular weight excluding hydrogens is 516 g/mol. The van der Waals surface area contributed by atoms with Crippen molar-refractivity contribution in [1.82, 2.24) is 15.0 Å². The van der Waals surface area contributed by atoms with Crippen molar-refractivity contribution in [3.63, 3.8) is 0 Å². The van der Waals surface area contributed by atoms with Gasteiger partial charge in [-0.2, -0.15) is 0 Å². The molecule has 42 heavy (non-hydrogen) atoms. The Labute approximate surface area is 241 Å². The average Bonchev–Trinajstić information content (AvgIpc) is 3.44. The van der Waals surface area contributed by atoms with Gasteiger partial charge in [0.05, 0.1) is 11.4 Å². The molecule has 9 rings (SSSR count). The SMILES string of the molecule is c1cncc(-c2nc(-c3ccc(N4c5ccccc5-c5cccc6cccc4c56)cc3)nc3c2oc2ccccc23)c1. The number of para-hydroxylation sites is 2. The van der Waals surface area contributed by atoms with Crippen LogP contribution in [0.5, 0.6) is 0 Å². The number of rotatable bonds is 3. The van der Waals surface area contributed by atoms with Crippen molar-refractivity contribution in [3.05, 3.63) is 134 Å². The molecule has 5 nitrogen and oxygen atoms in total. The van der Waals surface area contributed by atoms with Gasteiger partial charge in [0.2, 0.25) is 0 Å². The monoisotopic (exact) mass is 538 g/mol. The number of anilines is 3. The molecule has 5 aromatic carbocycles. The summed E-state index contributed by atoms with van der Waals surface area (Å²) in [6.45, 7) is 0. The highest BCUT2D eigenvalue weighted by Gasteiger charge is 2.25. The number of aromatic nitrogens is 3. The zero-order valence-electron chi connectivity index (χ0n) is 22.4. The fourth-order valence-corrected chi connectivity index (χ4v) is 6.21. The Morgan fingerprint density at radius 2 is 1.38 bits per heavy atom. The Morgan fingerprint density at radius 1 is 0.595 bits per heavy atom. The molecule has 0 N–H and O–H groups in total. The van der Waals surface area contributed by atoms with Crippen LogP contribution in [0.1, 0.15) is 0 Å². The molecule has 1 aliphatic rings. The van der Waals surface area contributed by atoms with Crippen molar-refractivity contribution in [3.8, 4) is 33.8 Å². The number of hydrogen-bond donors (Lipinski definition) is 0. The van der Waals surface area contributed by atoms with E-state index in [2.05, 4.69) is 94.8 Å². The minimum absolute atomic E-state index is 0.644. The first kappa shape index (κ1) is 22.9. The highest BCUT2D eigenvalue weighted by Crippen LogP contribution is 2.50. The molecule has 0 unspecified atom stereocenters. The summed E-state index contributed by atoms with van der Waals surface area (Å²) in [6.07, 6.45) is 3.58. The third-order valence-corrected chi connectivity index (χ3v) is 8.10. The number of pyridine rings is 1. The predicted octanol–water partition coefficient (Wildman–Crippen LogP) is 9.71. The quantitative estimate of drug-likeness (QED) is 0.224. The molecule has 8 aromatic rings. The van der Waals surface area contributed by atoms with Crippen LogP contribution in [-0.4, -0.2) is 15.0 Å². The van der Waals surface area contributed by atoms with Crippen molar-refractivity contribution in [2.75, 3.05) is 4.90 Å². The molecule has 5 heteroatoms. The van der Waals surface area contributed by atoms with Gasteiger partial charge < -0.3 is 9.32 Å². The number of fused-ring (bicyclic) bond motifs is 5. The number of furan rings is 1. The maximum absolute atomic E-state index is 6.26. The highest BCUT2D eigenvalue weighted by molar-refractivity contribution is 6.13. The van der Waals surface area contributed by atoms with Crippen molar-refractivity contribution < 1.29 is 4.42 Å². The van der Waals surface area contributed by atoms with Crippen molar-refractivity contribution in [2.45, 2.75) is 0 Å². The lowest BCUT2D eigenvalue weighted by Gasteiger charge is -2.33. The normalized spacial score (nSPS) is 12.2. The van der Waals surface area contributed by atoms with Gasteiger partial charge >= 0.3 is 0 Å². The maximum atomic E-state index is 6.26. The second-order valence-corrected chi connectivity index (χ2v) is 10.5. The largest absolute Gasteiger partial charge is 0.452 e. The molecule has 3 aromatic heterocycles. The van der Waals surface area contributed by atoms with Gasteiger partial charge in [-0.15, -0.1) is 0 Å². The molecule has 0 aliphatic carbocycles. The van der Waals surface area contributed by atoms with E-state index in [-0.39, 0.29) is 0 Å². The Kier molecular flexibility index (Phi) is 4.83. The highest BCUT2D eigenvalue weighted by atomic mass is 16.3. The average molecular weight is 539 g/mol. The van der Waals surface area contributed by atoms with Crippen LogP contribution in [0.2, 0.25) is 0 Å². The summed E-state index contributed by atoms with van der Waals surface area (Å²) in [6, 6.07) is 42.1. The van der Waals surface area contributed by atoms with Gasteiger partial charge in [0.1, 0.15) is 16.8 Å². The second kappa shape index (κ2) is 8.85. The van der Waals surface area contributed by atoms with Crippen LogP contribution in [0, 0.1) is 0 Å². The summed E-state index contributed by atoms with van der Waals surface area (Å²) in [5.74, 6) is 0.644. The molecule has 0 bridgehead atoms. The van der Waals surface area contributed by atoms with Gasteiger partial charge in [0.15, 0.2) is 11.4 Å². The Bertz CT molecular complexity index is 2300. The topological polar surface area (TPSA) is 55.1 Å². The smallest absolute Gasteiger partial charge is 0.180 e. The first-order chi connectivity index (χ1) is 20.8. The van der Waals surface area contributed by atoms with Crippen LogP contribution in [0.15, 0.2) is 138 Å². The minimum Gasteiger partial charge on any atom is -0.452 e. The van der Waals surface area contributed by atoms with Crippen molar-refractivity contribution in [2.24, 2.45) is 0 Å². The van der Waals surface area contributed by atoms with Gasteiger partial charge in [-0.1, -0.05) is 60.7 Å². The van der Waals surface area contributed by atoms with Gasteiger partial charge in [-0.25, -0.2) is 9.97 Å². The van der Waals surface area contributed by atoms with Gasteiger partial charge in [-0.05, 0) is 71.6 Å². The van der Waals surface area contributed by atoms with E-state index in [4.69, 9.17) is 14.4 Å². The summed E-state index contributed by atoms with van der Waals surface area (Å²) in [7, 11) is 0. The lowest BCUT2D eigenvalue weighted by atomic mass is 9.91. The molecule has 0 radical (unpaired) electrons. The second-order valence-electron chi connectivity index (χ2n) is 10.5. The van der Waals surface area contributed by atoms with Crippen molar-refractivity contribution >= 4 is 49.9 Å². The summed E-state index contributed by atoms with van der Waals surface area (Å²) in [5.41, 5.74) is 10.7. The summed E-state index contributed by atoms with van der Waals surface area (Å²) < 4.78 is 6.26. The maximum Gasteiger partial charge on any atom is 0.180 e. The lowest BCUT2D eigenvalue weighted by Crippen LogP contribution is -2.14. The fraction of sp³-hybridized carbons (Fsp3) is 0. The molecule has 1 aliphatic heterocycles. The predicted molar refractivity (Wildman–Crippen MR) is 169 cm³/mol. The van der Waals surface area contributed by atoms with Gasteiger partial charge in [0.25, 0.3) is 0 Å². The molecule has 4 heterocycles. The minimum atomic E-state index is 0.644. The third kappa shape index (κ3) is 3.34. The fourth-order valence-electron chi connectivity index (χ4n) is 6.21. The molecule has 0 amide bonds. The molecule has 0 saturated heterocycles. The van der Waals surface area contributed by atoms with Crippen LogP contribution in [0.25, 0.3) is 66.6 Å². The van der Waals surface area contributed by atoms with E-state index in [1.807, 2.05) is 42.6 Å². The summed E-state index contributed by atoms with van der Waals surface area (Å²) in [4.78, 5) is 16.7. The molecule has 0 atom stereocenters. The Balaban J connectivity index is 1.22. The zero-order valence-corrected chi connectivity index (χ0v) is 22.4. The molecule has 0 spiro atoms. The van der Waals surface area contributed by atoms with E-state index >= 15 is 0 Å². The van der Waals surface area contributed by atoms with E-state index in [1.165, 1.54) is 27.6 Å². The Morgan fingerprint density at radius 3 is 2.26 bits per heavy atom.